The first kappa shape index (κ1) is 21.6. The van der Waals surface area contributed by atoms with Gasteiger partial charge >= 0.3 is 6.03 Å². The van der Waals surface area contributed by atoms with Crippen LogP contribution in [0.25, 0.3) is 10.9 Å². The molecule has 1 aliphatic heterocycles. The average Bonchev–Trinajstić information content (AvgIpc) is 3.21. The Morgan fingerprint density at radius 3 is 2.88 bits per heavy atom. The predicted octanol–water partition coefficient (Wildman–Crippen LogP) is 3.24. The lowest BCUT2D eigenvalue weighted by Crippen LogP contribution is -2.61. The average molecular weight is 458 g/mol. The smallest absolute Gasteiger partial charge is 0.324 e. The molecule has 4 rings (SSSR count). The normalized spacial score (nSPS) is 17.8. The highest BCUT2D eigenvalue weighted by atomic mass is 35.5. The topological polar surface area (TPSA) is 120 Å². The SMILES string of the molecule is COc1cccc(C2C(Cl)C(=O)N2C(=O)NCCCn2ncc3ccc([N+](=O)[O-])cc32)c1. The number of urea groups is 1. The molecule has 2 unspecified atom stereocenters. The number of nitrogens with zero attached hydrogens (tertiary/aromatic N) is 4. The molecular weight excluding hydrogens is 438 g/mol. The Morgan fingerprint density at radius 1 is 1.31 bits per heavy atom. The molecule has 3 aromatic rings. The summed E-state index contributed by atoms with van der Waals surface area (Å²) in [6.45, 7) is 0.729. The second-order valence-corrected chi connectivity index (χ2v) is 7.76. The van der Waals surface area contributed by atoms with Crippen molar-refractivity contribution in [2.75, 3.05) is 13.7 Å². The van der Waals surface area contributed by atoms with Crippen molar-refractivity contribution >= 4 is 40.1 Å². The van der Waals surface area contributed by atoms with E-state index >= 15 is 0 Å². The molecule has 10 nitrogen and oxygen atoms in total. The standard InChI is InChI=1S/C21H20ClN5O5/c1-32-16-5-2-4-13(10-16)19-18(22)20(28)26(19)21(29)23-8-3-9-25-17-11-15(27(30)31)7-6-14(17)12-24-25/h2,4-7,10-12,18-19H,3,8-9H2,1H3,(H,23,29). The molecular formula is C21H20ClN5O5. The van der Waals surface area contributed by atoms with E-state index in [1.807, 2.05) is 0 Å². The summed E-state index contributed by atoms with van der Waals surface area (Å²) < 4.78 is 6.85. The molecule has 166 valence electrons. The number of hydrogen-bond donors (Lipinski definition) is 1. The zero-order chi connectivity index (χ0) is 22.8. The zero-order valence-corrected chi connectivity index (χ0v) is 17.9. The molecule has 1 aliphatic rings. The van der Waals surface area contributed by atoms with E-state index in [-0.39, 0.29) is 12.2 Å². The number of aryl methyl sites for hydroxylation is 1. The fraction of sp³-hybridized carbons (Fsp3) is 0.286. The van der Waals surface area contributed by atoms with Crippen LogP contribution in [-0.4, -0.2) is 50.6 Å². The quantitative estimate of drug-likeness (QED) is 0.191. The van der Waals surface area contributed by atoms with E-state index in [1.54, 1.807) is 41.2 Å². The number of nitro groups is 1. The van der Waals surface area contributed by atoms with Crippen LogP contribution in [0.4, 0.5) is 10.5 Å². The number of benzene rings is 2. The third-order valence-corrected chi connectivity index (χ3v) is 5.77. The van der Waals surface area contributed by atoms with Crippen LogP contribution in [0.5, 0.6) is 5.75 Å². The lowest BCUT2D eigenvalue weighted by molar-refractivity contribution is -0.384. The van der Waals surface area contributed by atoms with Crippen LogP contribution >= 0.6 is 11.6 Å². The summed E-state index contributed by atoms with van der Waals surface area (Å²) in [5, 5.41) is 18.0. The van der Waals surface area contributed by atoms with Crippen molar-refractivity contribution in [3.05, 3.63) is 64.3 Å². The van der Waals surface area contributed by atoms with Crippen LogP contribution in [0.3, 0.4) is 0 Å². The maximum Gasteiger partial charge on any atom is 0.324 e. The molecule has 1 aromatic heterocycles. The Balaban J connectivity index is 1.36. The molecule has 1 N–H and O–H groups in total. The number of β-lactam (4-membered cyclic amide) rings is 1. The van der Waals surface area contributed by atoms with Crippen LogP contribution in [0.15, 0.2) is 48.7 Å². The Morgan fingerprint density at radius 2 is 2.12 bits per heavy atom. The highest BCUT2D eigenvalue weighted by molar-refractivity contribution is 6.35. The molecule has 2 aromatic carbocycles. The Labute approximate surface area is 187 Å². The molecule has 2 atom stereocenters. The van der Waals surface area contributed by atoms with Crippen LogP contribution in [0.2, 0.25) is 0 Å². The molecule has 0 aliphatic carbocycles. The van der Waals surface area contributed by atoms with Gasteiger partial charge in [0.25, 0.3) is 11.6 Å². The van der Waals surface area contributed by atoms with Gasteiger partial charge in [0.1, 0.15) is 11.1 Å². The van der Waals surface area contributed by atoms with E-state index in [0.29, 0.717) is 29.8 Å². The molecule has 0 saturated carbocycles. The van der Waals surface area contributed by atoms with Crippen LogP contribution in [0.1, 0.15) is 18.0 Å². The maximum absolute atomic E-state index is 12.6. The number of carbonyl (C=O) groups is 2. The van der Waals surface area contributed by atoms with Gasteiger partial charge in [-0.2, -0.15) is 5.10 Å². The molecule has 1 fully saturated rings. The van der Waals surface area contributed by atoms with Gasteiger partial charge in [0.15, 0.2) is 0 Å². The molecule has 2 heterocycles. The Kier molecular flexibility index (Phi) is 5.95. The minimum Gasteiger partial charge on any atom is -0.497 e. The van der Waals surface area contributed by atoms with E-state index < -0.39 is 28.3 Å². The van der Waals surface area contributed by atoms with Gasteiger partial charge in [0.05, 0.1) is 29.8 Å². The molecule has 1 saturated heterocycles. The van der Waals surface area contributed by atoms with Crippen molar-refractivity contribution in [1.82, 2.24) is 20.0 Å². The third-order valence-electron chi connectivity index (χ3n) is 5.34. The third kappa shape index (κ3) is 3.96. The first-order chi connectivity index (χ1) is 15.4. The number of ether oxygens (including phenoxy) is 1. The van der Waals surface area contributed by atoms with E-state index in [1.165, 1.54) is 19.2 Å². The van der Waals surface area contributed by atoms with E-state index in [2.05, 4.69) is 10.4 Å². The van der Waals surface area contributed by atoms with E-state index in [0.717, 1.165) is 10.3 Å². The van der Waals surface area contributed by atoms with Gasteiger partial charge < -0.3 is 10.1 Å². The summed E-state index contributed by atoms with van der Waals surface area (Å²) in [5.74, 6) is 0.153. The summed E-state index contributed by atoms with van der Waals surface area (Å²) in [6.07, 6.45) is 2.15. The molecule has 0 spiro atoms. The number of methoxy groups -OCH3 is 1. The first-order valence-electron chi connectivity index (χ1n) is 9.89. The van der Waals surface area contributed by atoms with Crippen molar-refractivity contribution < 1.29 is 19.2 Å². The van der Waals surface area contributed by atoms with Gasteiger partial charge in [-0.25, -0.2) is 4.79 Å². The fourth-order valence-corrected chi connectivity index (χ4v) is 4.05. The van der Waals surface area contributed by atoms with Gasteiger partial charge in [-0.1, -0.05) is 12.1 Å². The number of alkyl halides is 1. The maximum atomic E-state index is 12.6. The van der Waals surface area contributed by atoms with Crippen molar-refractivity contribution in [2.24, 2.45) is 0 Å². The molecule has 3 amide bonds. The molecule has 11 heteroatoms. The number of amides is 3. The summed E-state index contributed by atoms with van der Waals surface area (Å²) in [7, 11) is 1.54. The van der Waals surface area contributed by atoms with Gasteiger partial charge in [-0.3, -0.25) is 24.5 Å². The number of likely N-dealkylation sites (tertiary alicyclic amines) is 1. The van der Waals surface area contributed by atoms with Crippen molar-refractivity contribution in [1.29, 1.82) is 0 Å². The number of rotatable bonds is 7. The number of carbonyl (C=O) groups excluding carboxylic acids is 2. The number of hydrogen-bond acceptors (Lipinski definition) is 6. The van der Waals surface area contributed by atoms with Crippen LogP contribution < -0.4 is 10.1 Å². The fourth-order valence-electron chi connectivity index (χ4n) is 3.68. The monoisotopic (exact) mass is 457 g/mol. The number of nitro benzene ring substituents is 1. The number of fused-ring (bicyclic) bond motifs is 1. The summed E-state index contributed by atoms with van der Waals surface area (Å²) in [5.41, 5.74) is 1.35. The lowest BCUT2D eigenvalue weighted by atomic mass is 9.93. The number of halogens is 1. The van der Waals surface area contributed by atoms with E-state index in [9.17, 15) is 19.7 Å². The Hall–Kier alpha value is -3.66. The number of imide groups is 1. The van der Waals surface area contributed by atoms with Crippen molar-refractivity contribution in [2.45, 2.75) is 24.4 Å². The van der Waals surface area contributed by atoms with Crippen LogP contribution in [-0.2, 0) is 11.3 Å². The molecule has 32 heavy (non-hydrogen) atoms. The number of nitrogens with one attached hydrogen (secondary N) is 1. The minimum absolute atomic E-state index is 0.0111. The Bertz CT molecular complexity index is 1200. The van der Waals surface area contributed by atoms with Gasteiger partial charge in [-0.15, -0.1) is 11.6 Å². The van der Waals surface area contributed by atoms with E-state index in [4.69, 9.17) is 16.3 Å². The second-order valence-electron chi connectivity index (χ2n) is 7.28. The molecule has 0 radical (unpaired) electrons. The second kappa shape index (κ2) is 8.83. The highest BCUT2D eigenvalue weighted by Gasteiger charge is 2.50. The zero-order valence-electron chi connectivity index (χ0n) is 17.1. The van der Waals surface area contributed by atoms with Crippen molar-refractivity contribution in [3.8, 4) is 5.75 Å². The predicted molar refractivity (Wildman–Crippen MR) is 117 cm³/mol. The van der Waals surface area contributed by atoms with Gasteiger partial charge in [0, 0.05) is 30.6 Å². The van der Waals surface area contributed by atoms with Crippen LogP contribution in [0, 0.1) is 10.1 Å². The number of non-ortho nitro benzene ring substituents is 1. The number of aromatic nitrogens is 2. The summed E-state index contributed by atoms with van der Waals surface area (Å²) in [4.78, 5) is 36.5. The van der Waals surface area contributed by atoms with Gasteiger partial charge in [-0.05, 0) is 30.2 Å². The highest BCUT2D eigenvalue weighted by Crippen LogP contribution is 2.39. The summed E-state index contributed by atoms with van der Waals surface area (Å²) >= 11 is 6.18. The molecule has 0 bridgehead atoms. The largest absolute Gasteiger partial charge is 0.497 e. The van der Waals surface area contributed by atoms with Gasteiger partial charge in [0.2, 0.25) is 0 Å². The van der Waals surface area contributed by atoms with Crippen molar-refractivity contribution in [3.63, 3.8) is 0 Å². The first-order valence-corrected chi connectivity index (χ1v) is 10.3. The minimum atomic E-state index is -0.820. The lowest BCUT2D eigenvalue weighted by Gasteiger charge is -2.42. The summed E-state index contributed by atoms with van der Waals surface area (Å²) in [6, 6.07) is 10.5.